The molecule has 0 amide bonds. The van der Waals surface area contributed by atoms with Gasteiger partial charge in [-0.05, 0) is 56.3 Å². The van der Waals surface area contributed by atoms with E-state index in [1.165, 1.54) is 24.3 Å². The second kappa shape index (κ2) is 8.12. The Balaban J connectivity index is 1.83. The lowest BCUT2D eigenvalue weighted by atomic mass is 10.0. The summed E-state index contributed by atoms with van der Waals surface area (Å²) in [4.78, 5) is 2.17. The quantitative estimate of drug-likeness (QED) is 0.735. The molecule has 2 aromatic rings. The Hall–Kier alpha value is -1.35. The highest BCUT2D eigenvalue weighted by Crippen LogP contribution is 2.27. The molecule has 4 nitrogen and oxygen atoms in total. The predicted molar refractivity (Wildman–Crippen MR) is 99.2 cm³/mol. The largest absolute Gasteiger partial charge is 0.295 e. The summed E-state index contributed by atoms with van der Waals surface area (Å²) in [6.45, 7) is 1.52. The van der Waals surface area contributed by atoms with Crippen molar-refractivity contribution in [1.29, 1.82) is 0 Å². The van der Waals surface area contributed by atoms with Gasteiger partial charge in [0.2, 0.25) is 10.0 Å². The molecule has 0 unspecified atom stereocenters. The molecule has 1 saturated heterocycles. The lowest BCUT2D eigenvalue weighted by Gasteiger charge is -2.28. The van der Waals surface area contributed by atoms with Crippen molar-refractivity contribution in [3.63, 3.8) is 0 Å². The number of likely N-dealkylation sites (tertiary alicyclic amines) is 1. The van der Waals surface area contributed by atoms with Gasteiger partial charge in [0.05, 0.1) is 10.9 Å². The van der Waals surface area contributed by atoms with Crippen molar-refractivity contribution >= 4 is 26.0 Å². The minimum Gasteiger partial charge on any atom is -0.295 e. The molecule has 1 aliphatic rings. The lowest BCUT2D eigenvalue weighted by molar-refractivity contribution is 0.241. The number of nitrogens with one attached hydrogen (secondary N) is 1. The van der Waals surface area contributed by atoms with E-state index in [9.17, 15) is 17.2 Å². The Labute approximate surface area is 160 Å². The van der Waals surface area contributed by atoms with Crippen molar-refractivity contribution in [3.8, 4) is 0 Å². The molecule has 0 spiro atoms. The van der Waals surface area contributed by atoms with E-state index in [2.05, 4.69) is 20.7 Å². The normalized spacial score (nSPS) is 16.7. The number of halogens is 3. The maximum Gasteiger partial charge on any atom is 0.240 e. The molecule has 3 rings (SSSR count). The van der Waals surface area contributed by atoms with E-state index in [1.54, 1.807) is 12.1 Å². The van der Waals surface area contributed by atoms with Crippen LogP contribution in [0.25, 0.3) is 0 Å². The molecular formula is C18H19BrF2N2O2S. The summed E-state index contributed by atoms with van der Waals surface area (Å²) in [5.41, 5.74) is 0.298. The van der Waals surface area contributed by atoms with Crippen molar-refractivity contribution in [1.82, 2.24) is 9.62 Å². The van der Waals surface area contributed by atoms with Gasteiger partial charge in [0, 0.05) is 22.6 Å². The van der Waals surface area contributed by atoms with Crippen LogP contribution in [-0.2, 0) is 10.0 Å². The monoisotopic (exact) mass is 444 g/mol. The predicted octanol–water partition coefficient (Wildman–Crippen LogP) is 3.84. The second-order valence-corrected chi connectivity index (χ2v) is 8.91. The highest BCUT2D eigenvalue weighted by atomic mass is 79.9. The first-order chi connectivity index (χ1) is 12.4. The Morgan fingerprint density at radius 3 is 2.35 bits per heavy atom. The summed E-state index contributed by atoms with van der Waals surface area (Å²) in [6, 6.07) is 9.22. The van der Waals surface area contributed by atoms with E-state index in [4.69, 9.17) is 0 Å². The van der Waals surface area contributed by atoms with Crippen LogP contribution in [0.1, 0.15) is 24.4 Å². The molecule has 1 fully saturated rings. The highest BCUT2D eigenvalue weighted by molar-refractivity contribution is 9.10. The summed E-state index contributed by atoms with van der Waals surface area (Å²) < 4.78 is 56.0. The van der Waals surface area contributed by atoms with Gasteiger partial charge in [-0.1, -0.05) is 22.0 Å². The molecule has 26 heavy (non-hydrogen) atoms. The number of hydrogen-bond donors (Lipinski definition) is 1. The Morgan fingerprint density at radius 1 is 1.08 bits per heavy atom. The fourth-order valence-corrected chi connectivity index (χ4v) is 4.45. The first kappa shape index (κ1) is 19.4. The molecule has 0 saturated carbocycles. The SMILES string of the molecule is O=S(=O)(NC[C@@H](c1ccc(F)cc1F)N1CCCC1)c1ccc(Br)cc1. The number of nitrogens with zero attached hydrogens (tertiary/aromatic N) is 1. The van der Waals surface area contributed by atoms with Crippen LogP contribution in [0.2, 0.25) is 0 Å². The summed E-state index contributed by atoms with van der Waals surface area (Å²) >= 11 is 3.27. The van der Waals surface area contributed by atoms with Crippen LogP contribution in [0.4, 0.5) is 8.78 Å². The third kappa shape index (κ3) is 4.49. The smallest absolute Gasteiger partial charge is 0.240 e. The van der Waals surface area contributed by atoms with E-state index in [1.807, 2.05) is 4.90 Å². The van der Waals surface area contributed by atoms with Crippen LogP contribution in [0.3, 0.4) is 0 Å². The zero-order valence-corrected chi connectivity index (χ0v) is 16.4. The zero-order chi connectivity index (χ0) is 18.7. The average molecular weight is 445 g/mol. The van der Waals surface area contributed by atoms with Gasteiger partial charge in [0.15, 0.2) is 0 Å². The molecule has 8 heteroatoms. The van der Waals surface area contributed by atoms with Gasteiger partial charge < -0.3 is 0 Å². The summed E-state index contributed by atoms with van der Waals surface area (Å²) in [5, 5.41) is 0. The maximum atomic E-state index is 14.3. The van der Waals surface area contributed by atoms with Gasteiger partial charge >= 0.3 is 0 Å². The zero-order valence-electron chi connectivity index (χ0n) is 14.0. The van der Waals surface area contributed by atoms with Crippen LogP contribution >= 0.6 is 15.9 Å². The number of benzene rings is 2. The van der Waals surface area contributed by atoms with Gasteiger partial charge in [0.25, 0.3) is 0 Å². The molecule has 1 atom stereocenters. The molecule has 2 aromatic carbocycles. The van der Waals surface area contributed by atoms with E-state index in [0.717, 1.165) is 36.5 Å². The van der Waals surface area contributed by atoms with Crippen LogP contribution in [0.15, 0.2) is 51.8 Å². The average Bonchev–Trinajstić information content (AvgIpc) is 3.11. The molecule has 0 radical (unpaired) electrons. The maximum absolute atomic E-state index is 14.3. The first-order valence-corrected chi connectivity index (χ1v) is 10.6. The summed E-state index contributed by atoms with van der Waals surface area (Å²) in [6.07, 6.45) is 1.94. The Bertz CT molecular complexity index is 869. The molecule has 0 bridgehead atoms. The fraction of sp³-hybridized carbons (Fsp3) is 0.333. The molecule has 0 aliphatic carbocycles. The molecule has 140 valence electrons. The highest BCUT2D eigenvalue weighted by Gasteiger charge is 2.27. The van der Waals surface area contributed by atoms with E-state index in [-0.39, 0.29) is 11.4 Å². The Morgan fingerprint density at radius 2 is 1.73 bits per heavy atom. The summed E-state index contributed by atoms with van der Waals surface area (Å²) in [7, 11) is -3.72. The summed E-state index contributed by atoms with van der Waals surface area (Å²) in [5.74, 6) is -1.31. The first-order valence-electron chi connectivity index (χ1n) is 8.31. The van der Waals surface area contributed by atoms with Crippen LogP contribution in [0, 0.1) is 11.6 Å². The van der Waals surface area contributed by atoms with E-state index in [0.29, 0.717) is 5.56 Å². The number of sulfonamides is 1. The molecular weight excluding hydrogens is 426 g/mol. The van der Waals surface area contributed by atoms with Crippen molar-refractivity contribution < 1.29 is 17.2 Å². The molecule has 1 N–H and O–H groups in total. The van der Waals surface area contributed by atoms with Gasteiger partial charge in [-0.2, -0.15) is 0 Å². The fourth-order valence-electron chi connectivity index (χ4n) is 3.15. The van der Waals surface area contributed by atoms with Gasteiger partial charge in [0.1, 0.15) is 11.6 Å². The molecule has 1 heterocycles. The Kier molecular flexibility index (Phi) is 6.06. The number of rotatable bonds is 6. The molecule has 1 aliphatic heterocycles. The van der Waals surface area contributed by atoms with Crippen molar-refractivity contribution in [3.05, 3.63) is 64.1 Å². The minimum atomic E-state index is -3.72. The topological polar surface area (TPSA) is 49.4 Å². The van der Waals surface area contributed by atoms with Crippen molar-refractivity contribution in [2.24, 2.45) is 0 Å². The third-order valence-corrected chi connectivity index (χ3v) is 6.46. The van der Waals surface area contributed by atoms with Gasteiger partial charge in [-0.25, -0.2) is 21.9 Å². The second-order valence-electron chi connectivity index (χ2n) is 6.23. The van der Waals surface area contributed by atoms with Crippen LogP contribution in [0.5, 0.6) is 0 Å². The minimum absolute atomic E-state index is 0.0148. The standard InChI is InChI=1S/C18H19BrF2N2O2S/c19-13-3-6-15(7-4-13)26(24,25)22-12-18(23-9-1-2-10-23)16-8-5-14(20)11-17(16)21/h3-8,11,18,22H,1-2,9-10,12H2/t18-/m0/s1. The third-order valence-electron chi connectivity index (χ3n) is 4.49. The van der Waals surface area contributed by atoms with Crippen molar-refractivity contribution in [2.75, 3.05) is 19.6 Å². The van der Waals surface area contributed by atoms with E-state index < -0.39 is 27.7 Å². The lowest BCUT2D eigenvalue weighted by Crippen LogP contribution is -2.37. The van der Waals surface area contributed by atoms with Gasteiger partial charge in [-0.3, -0.25) is 4.90 Å². The van der Waals surface area contributed by atoms with Gasteiger partial charge in [-0.15, -0.1) is 0 Å². The van der Waals surface area contributed by atoms with Crippen molar-refractivity contribution in [2.45, 2.75) is 23.8 Å². The number of hydrogen-bond acceptors (Lipinski definition) is 3. The van der Waals surface area contributed by atoms with Crippen LogP contribution in [-0.4, -0.2) is 33.0 Å². The van der Waals surface area contributed by atoms with E-state index >= 15 is 0 Å². The van der Waals surface area contributed by atoms with Crippen LogP contribution < -0.4 is 4.72 Å². The molecule has 0 aromatic heterocycles.